The highest BCUT2D eigenvalue weighted by Crippen LogP contribution is 2.21. The molecule has 20 heavy (non-hydrogen) atoms. The van der Waals surface area contributed by atoms with Gasteiger partial charge in [0.25, 0.3) is 0 Å². The zero-order chi connectivity index (χ0) is 15.2. The van der Waals surface area contributed by atoms with Crippen molar-refractivity contribution < 1.29 is 17.9 Å². The quantitative estimate of drug-likeness (QED) is 0.782. The van der Waals surface area contributed by atoms with Gasteiger partial charge < -0.3 is 4.74 Å². The molecule has 0 atom stereocenters. The fourth-order valence-electron chi connectivity index (χ4n) is 1.43. The van der Waals surface area contributed by atoms with Crippen LogP contribution in [0.5, 0.6) is 0 Å². The molecule has 0 aromatic heterocycles. The van der Waals surface area contributed by atoms with Crippen molar-refractivity contribution in [1.29, 1.82) is 5.26 Å². The van der Waals surface area contributed by atoms with E-state index in [-0.39, 0.29) is 29.8 Å². The van der Waals surface area contributed by atoms with Gasteiger partial charge in [-0.25, -0.2) is 8.42 Å². The summed E-state index contributed by atoms with van der Waals surface area (Å²) in [5.74, 6) is -0.676. The smallest absolute Gasteiger partial charge is 0.305 e. The third kappa shape index (κ3) is 5.19. The molecule has 0 fully saturated rings. The van der Waals surface area contributed by atoms with E-state index in [1.807, 2.05) is 6.07 Å². The number of carbonyl (C=O) groups excluding carboxylic acids is 1. The Balaban J connectivity index is 2.72. The van der Waals surface area contributed by atoms with E-state index >= 15 is 0 Å². The molecule has 108 valence electrons. The van der Waals surface area contributed by atoms with Crippen molar-refractivity contribution in [2.75, 3.05) is 17.6 Å². The van der Waals surface area contributed by atoms with Crippen LogP contribution in [0.1, 0.15) is 18.4 Å². The van der Waals surface area contributed by atoms with Crippen molar-refractivity contribution in [3.05, 3.63) is 28.2 Å². The van der Waals surface area contributed by atoms with Crippen LogP contribution in [0.15, 0.2) is 22.7 Å². The number of nitriles is 1. The largest absolute Gasteiger partial charge is 0.469 e. The summed E-state index contributed by atoms with van der Waals surface area (Å²) in [6, 6.07) is 6.56. The average molecular weight is 361 g/mol. The molecule has 1 rings (SSSR count). The number of methoxy groups -OCH3 is 1. The minimum absolute atomic E-state index is 0.0306. The van der Waals surface area contributed by atoms with E-state index in [1.165, 1.54) is 19.2 Å². The first-order chi connectivity index (χ1) is 9.38. The maximum absolute atomic E-state index is 11.8. The second-order valence-corrected chi connectivity index (χ2v) is 6.66. The van der Waals surface area contributed by atoms with Gasteiger partial charge in [-0.3, -0.25) is 9.52 Å². The van der Waals surface area contributed by atoms with Crippen molar-refractivity contribution in [3.8, 4) is 6.07 Å². The molecular weight excluding hydrogens is 348 g/mol. The second-order valence-electron chi connectivity index (χ2n) is 3.90. The number of hydrogen-bond acceptors (Lipinski definition) is 5. The number of carbonyl (C=O) groups is 1. The minimum atomic E-state index is -3.61. The van der Waals surface area contributed by atoms with Gasteiger partial charge in [-0.15, -0.1) is 0 Å². The molecule has 0 saturated heterocycles. The van der Waals surface area contributed by atoms with Crippen LogP contribution >= 0.6 is 15.9 Å². The summed E-state index contributed by atoms with van der Waals surface area (Å²) >= 11 is 3.20. The number of anilines is 1. The zero-order valence-electron chi connectivity index (χ0n) is 10.7. The van der Waals surface area contributed by atoms with Crippen molar-refractivity contribution in [2.45, 2.75) is 12.8 Å². The maximum atomic E-state index is 11.8. The van der Waals surface area contributed by atoms with Crippen LogP contribution in [-0.4, -0.2) is 27.2 Å². The highest BCUT2D eigenvalue weighted by atomic mass is 79.9. The summed E-state index contributed by atoms with van der Waals surface area (Å²) < 4.78 is 31.1. The van der Waals surface area contributed by atoms with E-state index in [9.17, 15) is 13.2 Å². The highest BCUT2D eigenvalue weighted by molar-refractivity contribution is 9.10. The van der Waals surface area contributed by atoms with Gasteiger partial charge in [0.1, 0.15) is 6.07 Å². The minimum Gasteiger partial charge on any atom is -0.469 e. The molecule has 0 bridgehead atoms. The van der Waals surface area contributed by atoms with Gasteiger partial charge >= 0.3 is 5.97 Å². The Morgan fingerprint density at radius 3 is 2.80 bits per heavy atom. The summed E-state index contributed by atoms with van der Waals surface area (Å²) in [6.07, 6.45) is 0.184. The van der Waals surface area contributed by atoms with Gasteiger partial charge in [-0.1, -0.05) is 15.9 Å². The third-order valence-corrected chi connectivity index (χ3v) is 4.24. The van der Waals surface area contributed by atoms with E-state index in [1.54, 1.807) is 6.07 Å². The molecule has 0 aliphatic rings. The lowest BCUT2D eigenvalue weighted by Gasteiger charge is -2.09. The molecule has 8 heteroatoms. The lowest BCUT2D eigenvalue weighted by Crippen LogP contribution is -2.18. The number of hydrogen-bond donors (Lipinski definition) is 1. The molecule has 1 N–H and O–H groups in total. The SMILES string of the molecule is COC(=O)CCCS(=O)(=O)Nc1ccc(Br)cc1C#N. The standard InChI is InChI=1S/C12H13BrN2O4S/c1-19-12(16)3-2-6-20(17,18)15-11-5-4-10(13)7-9(11)8-14/h4-5,7,15H,2-3,6H2,1H3. The van der Waals surface area contributed by atoms with Gasteiger partial charge in [0.05, 0.1) is 24.1 Å². The summed E-state index contributed by atoms with van der Waals surface area (Å²) in [5.41, 5.74) is 0.435. The molecule has 0 unspecified atom stereocenters. The normalized spacial score (nSPS) is 10.7. The van der Waals surface area contributed by atoms with E-state index in [0.29, 0.717) is 4.47 Å². The first kappa shape index (κ1) is 16.5. The first-order valence-corrected chi connectivity index (χ1v) is 8.09. The molecular formula is C12H13BrN2O4S. The number of nitrogens with one attached hydrogen (secondary N) is 1. The van der Waals surface area contributed by atoms with Crippen LogP contribution < -0.4 is 4.72 Å². The first-order valence-electron chi connectivity index (χ1n) is 5.65. The number of benzene rings is 1. The van der Waals surface area contributed by atoms with Gasteiger partial charge in [0, 0.05) is 10.9 Å². The van der Waals surface area contributed by atoms with E-state index in [4.69, 9.17) is 5.26 Å². The molecule has 1 aromatic rings. The molecule has 0 aliphatic heterocycles. The van der Waals surface area contributed by atoms with Crippen LogP contribution in [0.25, 0.3) is 0 Å². The predicted molar refractivity (Wildman–Crippen MR) is 77.5 cm³/mol. The summed E-state index contributed by atoms with van der Waals surface area (Å²) in [5, 5.41) is 8.95. The fourth-order valence-corrected chi connectivity index (χ4v) is 2.93. The van der Waals surface area contributed by atoms with Crippen molar-refractivity contribution in [1.82, 2.24) is 0 Å². The second kappa shape index (κ2) is 7.26. The van der Waals surface area contributed by atoms with Gasteiger partial charge in [-0.2, -0.15) is 5.26 Å². The van der Waals surface area contributed by atoms with Crippen molar-refractivity contribution >= 4 is 37.6 Å². The average Bonchev–Trinajstić information content (AvgIpc) is 2.40. The van der Waals surface area contributed by atoms with E-state index < -0.39 is 16.0 Å². The Bertz CT molecular complexity index is 637. The third-order valence-electron chi connectivity index (χ3n) is 2.39. The van der Waals surface area contributed by atoms with Gasteiger partial charge in [0.15, 0.2) is 0 Å². The van der Waals surface area contributed by atoms with Crippen molar-refractivity contribution in [3.63, 3.8) is 0 Å². The molecule has 6 nitrogen and oxygen atoms in total. The van der Waals surface area contributed by atoms with E-state index in [2.05, 4.69) is 25.4 Å². The zero-order valence-corrected chi connectivity index (χ0v) is 13.1. The molecule has 1 aromatic carbocycles. The Kier molecular flexibility index (Phi) is 5.98. The number of halogens is 1. The van der Waals surface area contributed by atoms with Crippen LogP contribution in [0, 0.1) is 11.3 Å². The van der Waals surface area contributed by atoms with Crippen molar-refractivity contribution in [2.24, 2.45) is 0 Å². The Morgan fingerprint density at radius 2 is 2.20 bits per heavy atom. The summed E-state index contributed by atoms with van der Waals surface area (Å²) in [6.45, 7) is 0. The van der Waals surface area contributed by atoms with Crippen LogP contribution in [-0.2, 0) is 19.6 Å². The molecule has 0 spiro atoms. The van der Waals surface area contributed by atoms with Gasteiger partial charge in [-0.05, 0) is 24.6 Å². The number of nitrogens with zero attached hydrogens (tertiary/aromatic N) is 1. The number of rotatable bonds is 6. The lowest BCUT2D eigenvalue weighted by molar-refractivity contribution is -0.140. The summed E-state index contributed by atoms with van der Waals surface area (Å²) in [7, 11) is -2.36. The van der Waals surface area contributed by atoms with Crippen LogP contribution in [0.3, 0.4) is 0 Å². The highest BCUT2D eigenvalue weighted by Gasteiger charge is 2.14. The Hall–Kier alpha value is -1.59. The summed E-state index contributed by atoms with van der Waals surface area (Å²) in [4.78, 5) is 10.9. The Morgan fingerprint density at radius 1 is 1.50 bits per heavy atom. The fraction of sp³-hybridized carbons (Fsp3) is 0.333. The number of sulfonamides is 1. The molecule has 0 amide bonds. The van der Waals surface area contributed by atoms with Gasteiger partial charge in [0.2, 0.25) is 10.0 Å². The molecule has 0 radical (unpaired) electrons. The topological polar surface area (TPSA) is 96.3 Å². The number of esters is 1. The Labute approximate surface area is 125 Å². The molecule has 0 saturated carbocycles. The number of ether oxygens (including phenoxy) is 1. The maximum Gasteiger partial charge on any atom is 0.305 e. The monoisotopic (exact) mass is 360 g/mol. The van der Waals surface area contributed by atoms with Crippen LogP contribution in [0.2, 0.25) is 0 Å². The lowest BCUT2D eigenvalue weighted by atomic mass is 10.2. The molecule has 0 aliphatic carbocycles. The van der Waals surface area contributed by atoms with Crippen LogP contribution in [0.4, 0.5) is 5.69 Å². The predicted octanol–water partition coefficient (Wildman–Crippen LogP) is 2.02. The molecule has 0 heterocycles. The van der Waals surface area contributed by atoms with E-state index in [0.717, 1.165) is 0 Å².